The van der Waals surface area contributed by atoms with Crippen LogP contribution in [0.5, 0.6) is 0 Å². The molecule has 0 unspecified atom stereocenters. The summed E-state index contributed by atoms with van der Waals surface area (Å²) >= 11 is 1.76. The van der Waals surface area contributed by atoms with Gasteiger partial charge in [0.1, 0.15) is 0 Å². The molecule has 0 saturated heterocycles. The summed E-state index contributed by atoms with van der Waals surface area (Å²) in [6, 6.07) is 4.24. The van der Waals surface area contributed by atoms with Crippen LogP contribution in [0.1, 0.15) is 43.4 Å². The molecule has 2 amide bonds. The van der Waals surface area contributed by atoms with E-state index in [1.165, 1.54) is 43.4 Å². The molecule has 114 valence electrons. The fraction of sp³-hybridized carbons (Fsp3) is 0.706. The Bertz CT molecular complexity index is 476. The van der Waals surface area contributed by atoms with E-state index in [0.717, 1.165) is 30.7 Å². The fourth-order valence-corrected chi connectivity index (χ4v) is 6.01. The third kappa shape index (κ3) is 2.83. The van der Waals surface area contributed by atoms with Gasteiger partial charge in [-0.05, 0) is 74.1 Å². The van der Waals surface area contributed by atoms with Gasteiger partial charge < -0.3 is 10.6 Å². The molecule has 4 saturated carbocycles. The third-order valence-corrected chi connectivity index (χ3v) is 6.59. The van der Waals surface area contributed by atoms with Crippen LogP contribution >= 0.6 is 11.3 Å². The molecular formula is C17H24N2OS. The van der Waals surface area contributed by atoms with Gasteiger partial charge in [0, 0.05) is 17.0 Å². The Morgan fingerprint density at radius 1 is 1.19 bits per heavy atom. The van der Waals surface area contributed by atoms with E-state index in [2.05, 4.69) is 28.1 Å². The second-order valence-electron chi connectivity index (χ2n) is 7.41. The molecule has 2 N–H and O–H groups in total. The lowest BCUT2D eigenvalue weighted by Gasteiger charge is -2.56. The zero-order valence-corrected chi connectivity index (χ0v) is 13.3. The molecule has 0 spiro atoms. The molecule has 1 heterocycles. The van der Waals surface area contributed by atoms with Crippen LogP contribution in [0.25, 0.3) is 0 Å². The van der Waals surface area contributed by atoms with E-state index in [1.54, 1.807) is 11.3 Å². The van der Waals surface area contributed by atoms with Crippen molar-refractivity contribution in [3.63, 3.8) is 0 Å². The van der Waals surface area contributed by atoms with Gasteiger partial charge in [-0.2, -0.15) is 0 Å². The van der Waals surface area contributed by atoms with E-state index >= 15 is 0 Å². The Labute approximate surface area is 130 Å². The Morgan fingerprint density at radius 3 is 2.43 bits per heavy atom. The molecule has 0 aliphatic heterocycles. The Kier molecular flexibility index (Phi) is 3.44. The van der Waals surface area contributed by atoms with Crippen LogP contribution in [0, 0.1) is 17.8 Å². The van der Waals surface area contributed by atoms with Crippen LogP contribution in [0.2, 0.25) is 0 Å². The highest BCUT2D eigenvalue weighted by molar-refractivity contribution is 7.09. The van der Waals surface area contributed by atoms with Gasteiger partial charge >= 0.3 is 6.03 Å². The number of urea groups is 1. The summed E-state index contributed by atoms with van der Waals surface area (Å²) in [5, 5.41) is 8.50. The average molecular weight is 304 g/mol. The van der Waals surface area contributed by atoms with Crippen molar-refractivity contribution in [3.8, 4) is 0 Å². The second-order valence-corrected chi connectivity index (χ2v) is 8.44. The lowest BCUT2D eigenvalue weighted by Crippen LogP contribution is -2.61. The molecule has 0 aromatic carbocycles. The van der Waals surface area contributed by atoms with Gasteiger partial charge in [0.05, 0.1) is 0 Å². The maximum absolute atomic E-state index is 12.2. The first-order valence-electron chi connectivity index (χ1n) is 8.29. The number of hydrogen-bond acceptors (Lipinski definition) is 2. The normalized spacial score (nSPS) is 36.7. The van der Waals surface area contributed by atoms with Gasteiger partial charge in [-0.25, -0.2) is 4.79 Å². The summed E-state index contributed by atoms with van der Waals surface area (Å²) in [4.78, 5) is 13.6. The van der Waals surface area contributed by atoms with Crippen LogP contribution in [-0.4, -0.2) is 18.1 Å². The van der Waals surface area contributed by atoms with Crippen LogP contribution in [0.3, 0.4) is 0 Å². The molecule has 1 aromatic heterocycles. The van der Waals surface area contributed by atoms with Crippen molar-refractivity contribution in [3.05, 3.63) is 22.4 Å². The number of nitrogens with one attached hydrogen (secondary N) is 2. The largest absolute Gasteiger partial charge is 0.338 e. The number of hydrogen-bond donors (Lipinski definition) is 2. The van der Waals surface area contributed by atoms with Crippen LogP contribution in [0.15, 0.2) is 17.5 Å². The van der Waals surface area contributed by atoms with Gasteiger partial charge in [-0.15, -0.1) is 11.3 Å². The van der Waals surface area contributed by atoms with Crippen molar-refractivity contribution in [2.75, 3.05) is 6.54 Å². The van der Waals surface area contributed by atoms with Crippen LogP contribution < -0.4 is 10.6 Å². The Balaban J connectivity index is 1.30. The molecule has 4 aliphatic rings. The summed E-state index contributed by atoms with van der Waals surface area (Å²) in [5.41, 5.74) is 0.127. The first kappa shape index (κ1) is 13.6. The van der Waals surface area contributed by atoms with E-state index in [0.29, 0.717) is 0 Å². The van der Waals surface area contributed by atoms with E-state index in [-0.39, 0.29) is 11.6 Å². The molecular weight excluding hydrogens is 280 g/mol. The molecule has 1 aromatic rings. The molecule has 21 heavy (non-hydrogen) atoms. The molecule has 4 heteroatoms. The molecule has 0 radical (unpaired) electrons. The zero-order chi connectivity index (χ0) is 14.3. The lowest BCUT2D eigenvalue weighted by atomic mass is 9.53. The number of amides is 2. The van der Waals surface area contributed by atoms with E-state index < -0.39 is 0 Å². The number of carbonyl (C=O) groups is 1. The topological polar surface area (TPSA) is 41.1 Å². The highest BCUT2D eigenvalue weighted by Crippen LogP contribution is 2.55. The van der Waals surface area contributed by atoms with Gasteiger partial charge in [-0.1, -0.05) is 6.07 Å². The molecule has 4 fully saturated rings. The average Bonchev–Trinajstić information content (AvgIpc) is 2.89. The molecule has 0 atom stereocenters. The van der Waals surface area contributed by atoms with Crippen LogP contribution in [-0.2, 0) is 6.42 Å². The second kappa shape index (κ2) is 5.31. The summed E-state index contributed by atoms with van der Waals surface area (Å²) in [6.45, 7) is 0.735. The first-order valence-corrected chi connectivity index (χ1v) is 9.17. The minimum absolute atomic E-state index is 0.0495. The number of rotatable bonds is 4. The van der Waals surface area contributed by atoms with E-state index in [4.69, 9.17) is 0 Å². The van der Waals surface area contributed by atoms with Gasteiger partial charge in [0.15, 0.2) is 0 Å². The summed E-state index contributed by atoms with van der Waals surface area (Å²) in [6.07, 6.45) is 8.85. The van der Waals surface area contributed by atoms with Crippen molar-refractivity contribution in [2.24, 2.45) is 17.8 Å². The summed E-state index contributed by atoms with van der Waals surface area (Å²) < 4.78 is 0. The highest BCUT2D eigenvalue weighted by Gasteiger charge is 2.51. The van der Waals surface area contributed by atoms with Crippen molar-refractivity contribution >= 4 is 17.4 Å². The van der Waals surface area contributed by atoms with E-state index in [9.17, 15) is 4.79 Å². The highest BCUT2D eigenvalue weighted by atomic mass is 32.1. The van der Waals surface area contributed by atoms with Crippen molar-refractivity contribution in [2.45, 2.75) is 50.5 Å². The third-order valence-electron chi connectivity index (χ3n) is 5.65. The predicted molar refractivity (Wildman–Crippen MR) is 85.5 cm³/mol. The molecule has 4 bridgehead atoms. The maximum atomic E-state index is 12.2. The standard InChI is InChI=1S/C17H24N2OS/c20-16(18-4-3-15-2-1-5-21-15)19-17-9-12-6-13(10-17)8-14(7-12)11-17/h1-2,5,12-14H,3-4,6-11H2,(H2,18,19,20). The number of thiophene rings is 1. The monoisotopic (exact) mass is 304 g/mol. The molecule has 4 aliphatic carbocycles. The van der Waals surface area contributed by atoms with Crippen LogP contribution in [0.4, 0.5) is 4.79 Å². The lowest BCUT2D eigenvalue weighted by molar-refractivity contribution is -0.0135. The first-order chi connectivity index (χ1) is 10.2. The zero-order valence-electron chi connectivity index (χ0n) is 12.4. The predicted octanol–water partition coefficient (Wildman–Crippen LogP) is 3.56. The maximum Gasteiger partial charge on any atom is 0.315 e. The minimum Gasteiger partial charge on any atom is -0.338 e. The van der Waals surface area contributed by atoms with Gasteiger partial charge in [0.2, 0.25) is 0 Å². The number of carbonyl (C=O) groups excluding carboxylic acids is 1. The summed E-state index contributed by atoms with van der Waals surface area (Å²) in [7, 11) is 0. The van der Waals surface area contributed by atoms with Gasteiger partial charge in [-0.3, -0.25) is 0 Å². The Morgan fingerprint density at radius 2 is 1.86 bits per heavy atom. The molecule has 3 nitrogen and oxygen atoms in total. The summed E-state index contributed by atoms with van der Waals surface area (Å²) in [5.74, 6) is 2.63. The van der Waals surface area contributed by atoms with Crippen molar-refractivity contribution < 1.29 is 4.79 Å². The fourth-order valence-electron chi connectivity index (χ4n) is 5.30. The van der Waals surface area contributed by atoms with E-state index in [1.807, 2.05) is 0 Å². The van der Waals surface area contributed by atoms with Crippen molar-refractivity contribution in [1.29, 1.82) is 0 Å². The molecule has 5 rings (SSSR count). The minimum atomic E-state index is 0.0495. The Hall–Kier alpha value is -1.03. The smallest absolute Gasteiger partial charge is 0.315 e. The SMILES string of the molecule is O=C(NCCc1cccs1)NC12CC3CC(CC(C3)C1)C2. The van der Waals surface area contributed by atoms with Gasteiger partial charge in [0.25, 0.3) is 0 Å². The van der Waals surface area contributed by atoms with Crippen molar-refractivity contribution in [1.82, 2.24) is 10.6 Å². The quantitative estimate of drug-likeness (QED) is 0.877.